The normalized spacial score (nSPS) is 22.2. The van der Waals surface area contributed by atoms with Gasteiger partial charge in [-0.15, -0.1) is 0 Å². The van der Waals surface area contributed by atoms with Crippen LogP contribution in [0.4, 0.5) is 0 Å². The molecule has 0 radical (unpaired) electrons. The Balaban J connectivity index is 2.02. The molecule has 1 aromatic carbocycles. The Kier molecular flexibility index (Phi) is 6.94. The van der Waals surface area contributed by atoms with Crippen molar-refractivity contribution < 1.29 is 23.4 Å². The van der Waals surface area contributed by atoms with Gasteiger partial charge in [-0.25, -0.2) is 13.1 Å². The highest BCUT2D eigenvalue weighted by Gasteiger charge is 2.33. The van der Waals surface area contributed by atoms with E-state index in [2.05, 4.69) is 10.0 Å². The van der Waals surface area contributed by atoms with Crippen molar-refractivity contribution in [3.05, 3.63) is 47.5 Å². The minimum Gasteiger partial charge on any atom is -0.392 e. The fourth-order valence-electron chi connectivity index (χ4n) is 3.14. The van der Waals surface area contributed by atoms with Crippen LogP contribution < -0.4 is 10.0 Å². The quantitative estimate of drug-likeness (QED) is 0.481. The lowest BCUT2D eigenvalue weighted by Crippen LogP contribution is -2.40. The lowest BCUT2D eigenvalue weighted by Gasteiger charge is -2.22. The van der Waals surface area contributed by atoms with Gasteiger partial charge in [0.15, 0.2) is 0 Å². The zero-order valence-electron chi connectivity index (χ0n) is 14.9. The summed E-state index contributed by atoms with van der Waals surface area (Å²) in [6, 6.07) is 7.07. The molecular weight excluding hydrogens is 356 g/mol. The van der Waals surface area contributed by atoms with Gasteiger partial charge in [0.2, 0.25) is 15.9 Å². The third-order valence-electron chi connectivity index (χ3n) is 4.37. The molecule has 4 N–H and O–H groups in total. The summed E-state index contributed by atoms with van der Waals surface area (Å²) in [5.74, 6) is -0.946. The summed E-state index contributed by atoms with van der Waals surface area (Å²) in [4.78, 5) is 12.7. The van der Waals surface area contributed by atoms with Gasteiger partial charge in [0.1, 0.15) is 0 Å². The van der Waals surface area contributed by atoms with Gasteiger partial charge in [0.25, 0.3) is 0 Å². The number of aliphatic hydroxyl groups is 2. The van der Waals surface area contributed by atoms with Crippen LogP contribution >= 0.6 is 0 Å². The Morgan fingerprint density at radius 3 is 2.73 bits per heavy atom. The zero-order valence-corrected chi connectivity index (χ0v) is 15.7. The van der Waals surface area contributed by atoms with Crippen LogP contribution in [0.15, 0.2) is 36.4 Å². The number of nitrogens with one attached hydrogen (secondary N) is 2. The average Bonchev–Trinajstić information content (AvgIpc) is 2.88. The standard InChI is InChI=1S/C18H26N2O5S/c1-3-6-13(9-14(21)11-19-26(2,24)25)18(23)20-17-15-8-5-4-7-12(15)10-16(17)22/h3-8,13-14,16-17,19,21-22H,9-11H2,1-2H3,(H,20,23). The zero-order chi connectivity index (χ0) is 19.3. The molecule has 0 fully saturated rings. The van der Waals surface area contributed by atoms with Crippen molar-refractivity contribution in [2.45, 2.75) is 38.0 Å². The second kappa shape index (κ2) is 8.77. The Labute approximate surface area is 154 Å². The molecule has 1 amide bonds. The van der Waals surface area contributed by atoms with E-state index in [-0.39, 0.29) is 18.9 Å². The summed E-state index contributed by atoms with van der Waals surface area (Å²) in [5.41, 5.74) is 1.90. The number of aliphatic hydroxyl groups excluding tert-OH is 2. The highest BCUT2D eigenvalue weighted by Crippen LogP contribution is 2.31. The van der Waals surface area contributed by atoms with E-state index in [1.54, 1.807) is 19.1 Å². The lowest BCUT2D eigenvalue weighted by molar-refractivity contribution is -0.126. The van der Waals surface area contributed by atoms with Gasteiger partial charge in [0.05, 0.1) is 30.4 Å². The maximum absolute atomic E-state index is 12.7. The molecule has 144 valence electrons. The van der Waals surface area contributed by atoms with Crippen molar-refractivity contribution in [3.63, 3.8) is 0 Å². The van der Waals surface area contributed by atoms with E-state index in [1.165, 1.54) is 0 Å². The maximum Gasteiger partial charge on any atom is 0.227 e. The number of allylic oxidation sites excluding steroid dienone is 1. The van der Waals surface area contributed by atoms with Crippen LogP contribution in [-0.2, 0) is 21.2 Å². The molecule has 0 heterocycles. The predicted octanol–water partition coefficient (Wildman–Crippen LogP) is 0.253. The van der Waals surface area contributed by atoms with E-state index in [0.29, 0.717) is 6.42 Å². The Hall–Kier alpha value is -1.74. The Morgan fingerprint density at radius 2 is 2.08 bits per heavy atom. The van der Waals surface area contributed by atoms with E-state index in [1.807, 2.05) is 24.3 Å². The third kappa shape index (κ3) is 5.63. The van der Waals surface area contributed by atoms with Gasteiger partial charge in [-0.2, -0.15) is 0 Å². The Bertz CT molecular complexity index is 763. The van der Waals surface area contributed by atoms with Gasteiger partial charge in [-0.05, 0) is 24.5 Å². The van der Waals surface area contributed by atoms with Crippen molar-refractivity contribution in [3.8, 4) is 0 Å². The van der Waals surface area contributed by atoms with Crippen molar-refractivity contribution in [1.82, 2.24) is 10.0 Å². The molecule has 7 nitrogen and oxygen atoms in total. The molecule has 1 aromatic rings. The first-order valence-corrected chi connectivity index (χ1v) is 10.4. The average molecular weight is 382 g/mol. The molecule has 0 spiro atoms. The van der Waals surface area contributed by atoms with E-state index >= 15 is 0 Å². The fourth-order valence-corrected chi connectivity index (χ4v) is 3.63. The predicted molar refractivity (Wildman–Crippen MR) is 98.8 cm³/mol. The highest BCUT2D eigenvalue weighted by molar-refractivity contribution is 7.88. The van der Waals surface area contributed by atoms with E-state index < -0.39 is 34.2 Å². The van der Waals surface area contributed by atoms with Gasteiger partial charge >= 0.3 is 0 Å². The van der Waals surface area contributed by atoms with Crippen LogP contribution in [0.2, 0.25) is 0 Å². The molecule has 4 unspecified atom stereocenters. The Morgan fingerprint density at radius 1 is 1.38 bits per heavy atom. The van der Waals surface area contributed by atoms with Gasteiger partial charge < -0.3 is 15.5 Å². The third-order valence-corrected chi connectivity index (χ3v) is 5.06. The number of fused-ring (bicyclic) bond motifs is 1. The molecule has 2 rings (SSSR count). The van der Waals surface area contributed by atoms with E-state index in [0.717, 1.165) is 17.4 Å². The molecule has 1 aliphatic rings. The van der Waals surface area contributed by atoms with Crippen molar-refractivity contribution in [1.29, 1.82) is 0 Å². The first kappa shape index (κ1) is 20.6. The topological polar surface area (TPSA) is 116 Å². The number of carbonyl (C=O) groups excluding carboxylic acids is 1. The molecule has 0 aliphatic heterocycles. The molecule has 0 saturated heterocycles. The summed E-state index contributed by atoms with van der Waals surface area (Å²) in [5, 5.41) is 23.2. The molecule has 0 saturated carbocycles. The number of sulfonamides is 1. The largest absolute Gasteiger partial charge is 0.392 e. The lowest BCUT2D eigenvalue weighted by atomic mass is 9.98. The second-order valence-corrected chi connectivity index (χ2v) is 8.43. The number of amides is 1. The molecule has 1 aliphatic carbocycles. The number of benzene rings is 1. The van der Waals surface area contributed by atoms with Crippen molar-refractivity contribution in [2.75, 3.05) is 12.8 Å². The van der Waals surface area contributed by atoms with E-state index in [4.69, 9.17) is 0 Å². The number of rotatable bonds is 8. The van der Waals surface area contributed by atoms with Crippen molar-refractivity contribution in [2.24, 2.45) is 5.92 Å². The van der Waals surface area contributed by atoms with Crippen molar-refractivity contribution >= 4 is 15.9 Å². The van der Waals surface area contributed by atoms with Crippen LogP contribution in [0, 0.1) is 5.92 Å². The number of carbonyl (C=O) groups is 1. The van der Waals surface area contributed by atoms with Crippen LogP contribution in [0.5, 0.6) is 0 Å². The second-order valence-electron chi connectivity index (χ2n) is 6.60. The summed E-state index contributed by atoms with van der Waals surface area (Å²) >= 11 is 0. The van der Waals surface area contributed by atoms with Crippen LogP contribution in [0.1, 0.15) is 30.5 Å². The maximum atomic E-state index is 12.7. The molecule has 8 heteroatoms. The fraction of sp³-hybridized carbons (Fsp3) is 0.500. The number of hydrogen-bond acceptors (Lipinski definition) is 5. The molecule has 26 heavy (non-hydrogen) atoms. The van der Waals surface area contributed by atoms with Crippen LogP contribution in [-0.4, -0.2) is 49.5 Å². The summed E-state index contributed by atoms with van der Waals surface area (Å²) in [6.07, 6.45) is 3.23. The molecular formula is C18H26N2O5S. The summed E-state index contributed by atoms with van der Waals surface area (Å²) < 4.78 is 24.5. The van der Waals surface area contributed by atoms with Gasteiger partial charge in [-0.1, -0.05) is 36.4 Å². The van der Waals surface area contributed by atoms with Gasteiger partial charge in [-0.3, -0.25) is 4.79 Å². The van der Waals surface area contributed by atoms with Crippen LogP contribution in [0.3, 0.4) is 0 Å². The molecule has 4 atom stereocenters. The van der Waals surface area contributed by atoms with Gasteiger partial charge in [0, 0.05) is 13.0 Å². The highest BCUT2D eigenvalue weighted by atomic mass is 32.2. The smallest absolute Gasteiger partial charge is 0.227 e. The number of hydrogen-bond donors (Lipinski definition) is 4. The first-order valence-electron chi connectivity index (χ1n) is 8.53. The summed E-state index contributed by atoms with van der Waals surface area (Å²) in [7, 11) is -3.41. The monoisotopic (exact) mass is 382 g/mol. The van der Waals surface area contributed by atoms with Crippen LogP contribution in [0.25, 0.3) is 0 Å². The SMILES string of the molecule is CC=CC(CC(O)CNS(C)(=O)=O)C(=O)NC1c2ccccc2CC1O. The molecule has 0 bridgehead atoms. The first-order chi connectivity index (χ1) is 12.2. The minimum atomic E-state index is -3.41. The molecule has 0 aromatic heterocycles. The van der Waals surface area contributed by atoms with E-state index in [9.17, 15) is 23.4 Å². The minimum absolute atomic E-state index is 0.0726. The summed E-state index contributed by atoms with van der Waals surface area (Å²) in [6.45, 7) is 1.61.